The van der Waals surface area contributed by atoms with Crippen LogP contribution in [0.25, 0.3) is 0 Å². The third kappa shape index (κ3) is 5.18. The zero-order valence-corrected chi connectivity index (χ0v) is 18.1. The van der Waals surface area contributed by atoms with Crippen LogP contribution in [0.4, 0.5) is 0 Å². The van der Waals surface area contributed by atoms with Crippen LogP contribution in [-0.2, 0) is 38.7 Å². The molecule has 1 unspecified atom stereocenters. The fraction of sp³-hybridized carbons (Fsp3) is 0.471. The van der Waals surface area contributed by atoms with Crippen LogP contribution in [0.1, 0.15) is 39.7 Å². The first-order chi connectivity index (χ1) is 12.6. The molecule has 0 aliphatic carbocycles. The molecule has 1 aliphatic heterocycles. The summed E-state index contributed by atoms with van der Waals surface area (Å²) in [6.07, 6.45) is 0.956. The lowest BCUT2D eigenvalue weighted by molar-refractivity contribution is -0.146. The fourth-order valence-electron chi connectivity index (χ4n) is 2.86. The zero-order chi connectivity index (χ0) is 20.2. The lowest BCUT2D eigenvalue weighted by Gasteiger charge is -2.34. The Balaban J connectivity index is 2.46. The number of hydrogen-bond donors (Lipinski definition) is 0. The minimum absolute atomic E-state index is 0.301. The van der Waals surface area contributed by atoms with E-state index < -0.39 is 35.3 Å². The van der Waals surface area contributed by atoms with E-state index in [1.807, 2.05) is 6.55 Å². The Hall–Kier alpha value is -2.18. The fourth-order valence-corrected chi connectivity index (χ4v) is 7.45. The average molecular weight is 413 g/mol. The van der Waals surface area contributed by atoms with Gasteiger partial charge in [0.15, 0.2) is 0 Å². The smallest absolute Gasteiger partial charge is 0.520 e. The number of benzene rings is 1. The maximum Gasteiger partial charge on any atom is 0.742 e. The van der Waals surface area contributed by atoms with Crippen molar-refractivity contribution in [2.75, 3.05) is 0 Å². The van der Waals surface area contributed by atoms with Crippen LogP contribution in [0.5, 0.6) is 5.75 Å². The molecule has 0 amide bonds. The summed E-state index contributed by atoms with van der Waals surface area (Å²) >= 11 is 0. The minimum Gasteiger partial charge on any atom is -0.520 e. The molecular weight excluding hydrogens is 388 g/mol. The van der Waals surface area contributed by atoms with Crippen LogP contribution in [-0.4, -0.2) is 35.3 Å². The standard InChI is InChI=1S/C17H24O8Si2/c1-6-9-26(5)21-11-15-10-16(7-8-17(15)25-26)27(22-12(2)18,23-13(3)19)24-14(4)20/h7-8,10H,6,9,11H2,1-5H3. The molecule has 0 N–H and O–H groups in total. The highest BCUT2D eigenvalue weighted by Crippen LogP contribution is 2.31. The quantitative estimate of drug-likeness (QED) is 0.654. The Morgan fingerprint density at radius 3 is 2.11 bits per heavy atom. The number of carbonyl (C=O) groups is 3. The number of carbonyl (C=O) groups excluding carboxylic acids is 3. The lowest BCUT2D eigenvalue weighted by Crippen LogP contribution is -2.59. The molecule has 1 atom stereocenters. The van der Waals surface area contributed by atoms with Crippen molar-refractivity contribution in [2.24, 2.45) is 0 Å². The van der Waals surface area contributed by atoms with E-state index in [2.05, 4.69) is 6.92 Å². The van der Waals surface area contributed by atoms with Gasteiger partial charge in [0, 0.05) is 32.4 Å². The third-order valence-corrected chi connectivity index (χ3v) is 9.31. The largest absolute Gasteiger partial charge is 0.742 e. The number of hydrogen-bond acceptors (Lipinski definition) is 8. The molecule has 0 saturated heterocycles. The Bertz CT molecular complexity index is 710. The molecule has 8 nitrogen and oxygen atoms in total. The second kappa shape index (κ2) is 8.23. The van der Waals surface area contributed by atoms with Gasteiger partial charge in [-0.3, -0.25) is 14.4 Å². The van der Waals surface area contributed by atoms with Crippen molar-refractivity contribution in [3.63, 3.8) is 0 Å². The van der Waals surface area contributed by atoms with E-state index in [0.29, 0.717) is 23.1 Å². The second-order valence-corrected chi connectivity index (χ2v) is 12.0. The van der Waals surface area contributed by atoms with Gasteiger partial charge >= 0.3 is 17.4 Å². The first kappa shape index (κ1) is 21.1. The first-order valence-electron chi connectivity index (χ1n) is 8.64. The second-order valence-electron chi connectivity index (χ2n) is 6.43. The highest BCUT2D eigenvalue weighted by molar-refractivity contribution is 6.79. The van der Waals surface area contributed by atoms with E-state index in [0.717, 1.165) is 33.2 Å². The van der Waals surface area contributed by atoms with E-state index in [1.165, 1.54) is 0 Å². The van der Waals surface area contributed by atoms with Gasteiger partial charge in [0.1, 0.15) is 5.75 Å². The molecule has 0 spiro atoms. The van der Waals surface area contributed by atoms with Crippen LogP contribution < -0.4 is 9.61 Å². The maximum absolute atomic E-state index is 11.6. The minimum atomic E-state index is -4.12. The van der Waals surface area contributed by atoms with Gasteiger partial charge in [0.25, 0.3) is 17.9 Å². The summed E-state index contributed by atoms with van der Waals surface area (Å²) in [6, 6.07) is 5.79. The monoisotopic (exact) mass is 412 g/mol. The van der Waals surface area contributed by atoms with Gasteiger partial charge in [-0.1, -0.05) is 13.3 Å². The zero-order valence-electron chi connectivity index (χ0n) is 16.1. The summed E-state index contributed by atoms with van der Waals surface area (Å²) in [5, 5.41) is 0.301. The Labute approximate surface area is 160 Å². The number of fused-ring (bicyclic) bond motifs is 1. The van der Waals surface area contributed by atoms with Gasteiger partial charge in [-0.05, 0) is 24.7 Å². The van der Waals surface area contributed by atoms with Crippen molar-refractivity contribution in [1.82, 2.24) is 0 Å². The van der Waals surface area contributed by atoms with Crippen molar-refractivity contribution < 1.29 is 36.5 Å². The summed E-state index contributed by atoms with van der Waals surface area (Å²) < 4.78 is 27.8. The molecule has 0 saturated carbocycles. The highest BCUT2D eigenvalue weighted by atomic mass is 28.4. The molecule has 1 aromatic rings. The van der Waals surface area contributed by atoms with Gasteiger partial charge in [-0.25, -0.2) is 0 Å². The van der Waals surface area contributed by atoms with Crippen molar-refractivity contribution in [3.05, 3.63) is 23.8 Å². The summed E-state index contributed by atoms with van der Waals surface area (Å²) in [5.41, 5.74) is 0.705. The van der Waals surface area contributed by atoms with E-state index >= 15 is 0 Å². The van der Waals surface area contributed by atoms with Gasteiger partial charge in [-0.15, -0.1) is 0 Å². The van der Waals surface area contributed by atoms with E-state index in [-0.39, 0.29) is 0 Å². The molecule has 27 heavy (non-hydrogen) atoms. The van der Waals surface area contributed by atoms with Crippen LogP contribution in [0.2, 0.25) is 12.6 Å². The predicted molar refractivity (Wildman–Crippen MR) is 99.3 cm³/mol. The molecule has 0 fully saturated rings. The van der Waals surface area contributed by atoms with E-state index in [1.54, 1.807) is 18.2 Å². The van der Waals surface area contributed by atoms with Crippen LogP contribution in [0, 0.1) is 0 Å². The van der Waals surface area contributed by atoms with Crippen LogP contribution in [0.3, 0.4) is 0 Å². The Morgan fingerprint density at radius 1 is 1.07 bits per heavy atom. The van der Waals surface area contributed by atoms with Crippen molar-refractivity contribution in [1.29, 1.82) is 0 Å². The van der Waals surface area contributed by atoms with Gasteiger partial charge in [0.2, 0.25) is 0 Å². The van der Waals surface area contributed by atoms with Crippen LogP contribution >= 0.6 is 0 Å². The molecular formula is C17H24O8Si2. The topological polar surface area (TPSA) is 97.4 Å². The lowest BCUT2D eigenvalue weighted by atomic mass is 10.2. The summed E-state index contributed by atoms with van der Waals surface area (Å²) in [6.45, 7) is 7.85. The molecule has 0 radical (unpaired) electrons. The highest BCUT2D eigenvalue weighted by Gasteiger charge is 2.55. The van der Waals surface area contributed by atoms with E-state index in [4.69, 9.17) is 22.1 Å². The Morgan fingerprint density at radius 2 is 1.63 bits per heavy atom. The molecule has 10 heteroatoms. The van der Waals surface area contributed by atoms with Gasteiger partial charge < -0.3 is 22.1 Å². The molecule has 0 aromatic heterocycles. The molecule has 0 bridgehead atoms. The molecule has 1 heterocycles. The summed E-state index contributed by atoms with van der Waals surface area (Å²) in [4.78, 5) is 34.9. The van der Waals surface area contributed by atoms with Crippen molar-refractivity contribution in [2.45, 2.75) is 53.3 Å². The molecule has 2 rings (SSSR count). The maximum atomic E-state index is 11.6. The van der Waals surface area contributed by atoms with Crippen LogP contribution in [0.15, 0.2) is 18.2 Å². The van der Waals surface area contributed by atoms with Gasteiger partial charge in [0.05, 0.1) is 11.8 Å². The van der Waals surface area contributed by atoms with Gasteiger partial charge in [-0.2, -0.15) is 0 Å². The first-order valence-corrected chi connectivity index (χ1v) is 12.9. The molecule has 148 valence electrons. The molecule has 1 aromatic carbocycles. The van der Waals surface area contributed by atoms with Crippen molar-refractivity contribution in [3.8, 4) is 5.75 Å². The Kier molecular flexibility index (Phi) is 6.44. The normalized spacial score (nSPS) is 18.7. The third-order valence-electron chi connectivity index (χ3n) is 3.81. The summed E-state index contributed by atoms with van der Waals surface area (Å²) in [5.74, 6) is -1.50. The SMILES string of the molecule is CCC[Si]1(C)OCc2cc([Si](OC(C)=O)(OC(C)=O)OC(C)=O)ccc2O1. The predicted octanol–water partition coefficient (Wildman–Crippen LogP) is 1.91. The number of rotatable bonds is 6. The molecule has 1 aliphatic rings. The average Bonchev–Trinajstić information content (AvgIpc) is 2.52. The van der Waals surface area contributed by atoms with E-state index in [9.17, 15) is 14.4 Å². The summed E-state index contributed by atoms with van der Waals surface area (Å²) in [7, 11) is -6.39. The van der Waals surface area contributed by atoms with Crippen molar-refractivity contribution >= 4 is 40.5 Å².